The molecule has 6 atom stereocenters. The number of benzene rings is 3. The monoisotopic (exact) mass is 676 g/mol. The van der Waals surface area contributed by atoms with Crippen LogP contribution in [0.3, 0.4) is 0 Å². The highest BCUT2D eigenvalue weighted by Gasteiger charge is 2.68. The van der Waals surface area contributed by atoms with Crippen molar-refractivity contribution < 1.29 is 33.4 Å². The number of para-hydroxylation sites is 1. The van der Waals surface area contributed by atoms with Gasteiger partial charge < -0.3 is 9.84 Å². The Morgan fingerprint density at radius 3 is 2.34 bits per heavy atom. The average Bonchev–Trinajstić information content (AvgIpc) is 3.42. The molecule has 2 aliphatic carbocycles. The van der Waals surface area contributed by atoms with Crippen molar-refractivity contribution in [3.8, 4) is 5.75 Å². The Balaban J connectivity index is 1.37. The van der Waals surface area contributed by atoms with E-state index < -0.39 is 52.6 Å². The first kappa shape index (κ1) is 31.5. The molecule has 0 bridgehead atoms. The van der Waals surface area contributed by atoms with Gasteiger partial charge in [0, 0.05) is 16.5 Å². The SMILES string of the molecule is Cc1ccc(N2C(=O)[C@H]3[C@H](CC=C4[C@H]3C[C@H]3C(=O)N(c5ccc(F)c(Cl)c5)C(=O)[C@@]3(C)[C@H]4c3ccccc3OCCO)C2=O)cc1Cl. The lowest BCUT2D eigenvalue weighted by atomic mass is 9.51. The van der Waals surface area contributed by atoms with E-state index >= 15 is 0 Å². The molecule has 8 nitrogen and oxygen atoms in total. The number of aliphatic hydroxyl groups is 1. The minimum Gasteiger partial charge on any atom is -0.491 e. The van der Waals surface area contributed by atoms with Crippen LogP contribution in [0.4, 0.5) is 15.8 Å². The number of aliphatic hydroxyl groups excluding tert-OH is 1. The van der Waals surface area contributed by atoms with Crippen LogP contribution in [-0.2, 0) is 19.2 Å². The quantitative estimate of drug-likeness (QED) is 0.245. The fourth-order valence-electron chi connectivity index (χ4n) is 8.21. The molecular formula is C36H31Cl2FN2O6. The summed E-state index contributed by atoms with van der Waals surface area (Å²) in [5.41, 5.74) is 1.43. The molecule has 47 heavy (non-hydrogen) atoms. The van der Waals surface area contributed by atoms with E-state index in [1.807, 2.05) is 19.1 Å². The Kier molecular flexibility index (Phi) is 7.77. The van der Waals surface area contributed by atoms with Crippen molar-refractivity contribution in [2.24, 2.45) is 29.1 Å². The summed E-state index contributed by atoms with van der Waals surface area (Å²) in [6.07, 6.45) is 2.37. The van der Waals surface area contributed by atoms with Crippen molar-refractivity contribution in [1.29, 1.82) is 0 Å². The third kappa shape index (κ3) is 4.65. The molecule has 1 N–H and O–H groups in total. The average molecular weight is 678 g/mol. The van der Waals surface area contributed by atoms with Gasteiger partial charge in [0.25, 0.3) is 0 Å². The van der Waals surface area contributed by atoms with Gasteiger partial charge in [-0.05, 0) is 74.6 Å². The number of aryl methyl sites for hydroxylation is 1. The zero-order chi connectivity index (χ0) is 33.4. The Morgan fingerprint density at radius 1 is 0.915 bits per heavy atom. The molecule has 0 radical (unpaired) electrons. The van der Waals surface area contributed by atoms with Crippen LogP contribution in [-0.4, -0.2) is 41.9 Å². The maximum Gasteiger partial charge on any atom is 0.241 e. The van der Waals surface area contributed by atoms with Crippen LogP contribution < -0.4 is 14.5 Å². The number of carbonyl (C=O) groups is 4. The van der Waals surface area contributed by atoms with Gasteiger partial charge in [-0.15, -0.1) is 0 Å². The number of rotatable bonds is 6. The second-order valence-electron chi connectivity index (χ2n) is 12.8. The number of hydrogen-bond acceptors (Lipinski definition) is 6. The zero-order valence-electron chi connectivity index (χ0n) is 25.6. The van der Waals surface area contributed by atoms with E-state index in [9.17, 15) is 28.7 Å². The fraction of sp³-hybridized carbons (Fsp3) is 0.333. The Hall–Kier alpha value is -4.05. The van der Waals surface area contributed by atoms with Crippen LogP contribution in [0.1, 0.15) is 36.8 Å². The van der Waals surface area contributed by atoms with Gasteiger partial charge in [-0.25, -0.2) is 14.2 Å². The number of fused-ring (bicyclic) bond motifs is 4. The third-order valence-corrected chi connectivity index (χ3v) is 11.1. The van der Waals surface area contributed by atoms with Crippen molar-refractivity contribution in [3.63, 3.8) is 0 Å². The van der Waals surface area contributed by atoms with Gasteiger partial charge in [0.2, 0.25) is 23.6 Å². The van der Waals surface area contributed by atoms with Crippen LogP contribution in [0.5, 0.6) is 5.75 Å². The first-order valence-corrected chi connectivity index (χ1v) is 16.2. The van der Waals surface area contributed by atoms with Gasteiger partial charge in [0.1, 0.15) is 18.2 Å². The second kappa shape index (κ2) is 11.6. The first-order valence-electron chi connectivity index (χ1n) is 15.5. The summed E-state index contributed by atoms with van der Waals surface area (Å²) in [6.45, 7) is 3.35. The molecule has 3 aromatic carbocycles. The highest BCUT2D eigenvalue weighted by molar-refractivity contribution is 6.32. The molecule has 2 aliphatic heterocycles. The number of imide groups is 2. The number of halogens is 3. The maximum absolute atomic E-state index is 14.6. The van der Waals surface area contributed by atoms with E-state index in [-0.39, 0.29) is 48.6 Å². The predicted octanol–water partition coefficient (Wildman–Crippen LogP) is 6.25. The molecule has 1 saturated carbocycles. The van der Waals surface area contributed by atoms with Gasteiger partial charge in [0.15, 0.2) is 0 Å². The summed E-state index contributed by atoms with van der Waals surface area (Å²) in [4.78, 5) is 59.4. The summed E-state index contributed by atoms with van der Waals surface area (Å²) in [7, 11) is 0. The van der Waals surface area contributed by atoms with Gasteiger partial charge in [-0.1, -0.05) is 59.1 Å². The Labute approximate surface area is 280 Å². The Morgan fingerprint density at radius 2 is 1.62 bits per heavy atom. The summed E-state index contributed by atoms with van der Waals surface area (Å²) < 4.78 is 20.1. The largest absolute Gasteiger partial charge is 0.491 e. The van der Waals surface area contributed by atoms with E-state index in [2.05, 4.69) is 0 Å². The molecule has 0 aromatic heterocycles. The molecule has 2 heterocycles. The first-order chi connectivity index (χ1) is 22.5. The smallest absolute Gasteiger partial charge is 0.241 e. The van der Waals surface area contributed by atoms with Gasteiger partial charge in [-0.2, -0.15) is 0 Å². The lowest BCUT2D eigenvalue weighted by Gasteiger charge is -2.49. The van der Waals surface area contributed by atoms with Gasteiger partial charge >= 0.3 is 0 Å². The van der Waals surface area contributed by atoms with E-state index in [4.69, 9.17) is 27.9 Å². The Bertz CT molecular complexity index is 1900. The van der Waals surface area contributed by atoms with Crippen molar-refractivity contribution >= 4 is 58.2 Å². The lowest BCUT2D eigenvalue weighted by molar-refractivity contribution is -0.131. The molecule has 3 fully saturated rings. The summed E-state index contributed by atoms with van der Waals surface area (Å²) in [5, 5.41) is 9.75. The summed E-state index contributed by atoms with van der Waals surface area (Å²) in [5.74, 6) is -5.49. The van der Waals surface area contributed by atoms with Crippen molar-refractivity contribution in [2.45, 2.75) is 32.6 Å². The molecule has 0 unspecified atom stereocenters. The van der Waals surface area contributed by atoms with E-state index in [0.717, 1.165) is 22.1 Å². The van der Waals surface area contributed by atoms with Gasteiger partial charge in [-0.3, -0.25) is 19.2 Å². The molecule has 7 rings (SSSR count). The number of anilines is 2. The molecule has 4 amide bonds. The normalized spacial score (nSPS) is 28.3. The van der Waals surface area contributed by atoms with Crippen molar-refractivity contribution in [1.82, 2.24) is 0 Å². The topological polar surface area (TPSA) is 104 Å². The van der Waals surface area contributed by atoms with E-state index in [1.165, 1.54) is 17.0 Å². The summed E-state index contributed by atoms with van der Waals surface area (Å²) in [6, 6.07) is 15.9. The van der Waals surface area contributed by atoms with E-state index in [0.29, 0.717) is 22.0 Å². The molecule has 242 valence electrons. The molecule has 4 aliphatic rings. The van der Waals surface area contributed by atoms with Gasteiger partial charge in [0.05, 0.1) is 46.2 Å². The van der Waals surface area contributed by atoms with Crippen LogP contribution in [0.2, 0.25) is 10.0 Å². The van der Waals surface area contributed by atoms with Crippen molar-refractivity contribution in [2.75, 3.05) is 23.0 Å². The molecular weight excluding hydrogens is 646 g/mol. The predicted molar refractivity (Wildman–Crippen MR) is 174 cm³/mol. The lowest BCUT2D eigenvalue weighted by Crippen LogP contribution is -2.49. The molecule has 0 spiro atoms. The number of allylic oxidation sites excluding steroid dienone is 2. The summed E-state index contributed by atoms with van der Waals surface area (Å²) >= 11 is 12.5. The van der Waals surface area contributed by atoms with Crippen LogP contribution in [0.25, 0.3) is 0 Å². The maximum atomic E-state index is 14.6. The minimum absolute atomic E-state index is 0.00515. The number of carbonyl (C=O) groups excluding carboxylic acids is 4. The number of nitrogens with zero attached hydrogens (tertiary/aromatic N) is 2. The van der Waals surface area contributed by atoms with Crippen molar-refractivity contribution in [3.05, 3.63) is 99.3 Å². The number of ether oxygens (including phenoxy) is 1. The second-order valence-corrected chi connectivity index (χ2v) is 13.6. The standard InChI is InChI=1S/C36H31Cl2FN2O6/c1-18-7-8-19(15-26(18)37)40-32(43)23-11-10-21-24(30(23)34(40)45)17-25-33(44)41(20-9-12-28(39)27(38)16-20)35(46)36(25,2)31(21)22-5-3-4-6-29(22)47-14-13-42/h3-10,12,15-16,23-25,30-31,42H,11,13-14,17H2,1-2H3/t23-,24+,25-,30-,31+,36+/m0/s1. The van der Waals surface area contributed by atoms with Crippen LogP contribution in [0, 0.1) is 41.8 Å². The highest BCUT2D eigenvalue weighted by Crippen LogP contribution is 2.64. The molecule has 11 heteroatoms. The zero-order valence-corrected chi connectivity index (χ0v) is 27.1. The van der Waals surface area contributed by atoms with Crippen LogP contribution in [0.15, 0.2) is 72.3 Å². The molecule has 2 saturated heterocycles. The van der Waals surface area contributed by atoms with Crippen LogP contribution >= 0.6 is 23.2 Å². The number of hydrogen-bond donors (Lipinski definition) is 1. The molecule has 3 aromatic rings. The fourth-order valence-corrected chi connectivity index (χ4v) is 8.56. The minimum atomic E-state index is -1.33. The number of amides is 4. The highest BCUT2D eigenvalue weighted by atomic mass is 35.5. The van der Waals surface area contributed by atoms with E-state index in [1.54, 1.807) is 43.3 Å². The third-order valence-electron chi connectivity index (χ3n) is 10.4.